The summed E-state index contributed by atoms with van der Waals surface area (Å²) in [5.74, 6) is 0.0661. The molecule has 0 unspecified atom stereocenters. The Bertz CT molecular complexity index is 1250. The molecule has 0 saturated carbocycles. The topological polar surface area (TPSA) is 80.0 Å². The lowest BCUT2D eigenvalue weighted by Crippen LogP contribution is -2.25. The first-order chi connectivity index (χ1) is 14.2. The van der Waals surface area contributed by atoms with E-state index in [0.717, 1.165) is 36.0 Å². The molecule has 5 rings (SSSR count). The molecule has 4 heterocycles. The predicted molar refractivity (Wildman–Crippen MR) is 110 cm³/mol. The molecule has 1 aliphatic rings. The first-order valence-corrected chi connectivity index (χ1v) is 9.82. The number of pyridine rings is 1. The number of hydrogen-bond donors (Lipinski definition) is 2. The number of H-pyrrole nitrogens is 1. The van der Waals surface area contributed by atoms with Crippen LogP contribution in [-0.2, 0) is 25.8 Å². The van der Waals surface area contributed by atoms with Gasteiger partial charge in [0.1, 0.15) is 0 Å². The van der Waals surface area contributed by atoms with Gasteiger partial charge >= 0.3 is 0 Å². The van der Waals surface area contributed by atoms with Crippen molar-refractivity contribution in [2.75, 3.05) is 6.54 Å². The molecule has 1 aromatic carbocycles. The molecule has 0 aliphatic carbocycles. The van der Waals surface area contributed by atoms with Crippen molar-refractivity contribution in [3.63, 3.8) is 0 Å². The number of fused-ring (bicyclic) bond motifs is 4. The third-order valence-electron chi connectivity index (χ3n) is 5.65. The Labute approximate surface area is 167 Å². The second kappa shape index (κ2) is 7.13. The van der Waals surface area contributed by atoms with Crippen LogP contribution < -0.4 is 10.9 Å². The fourth-order valence-electron chi connectivity index (χ4n) is 4.28. The summed E-state index contributed by atoms with van der Waals surface area (Å²) in [6.07, 6.45) is 3.89. The summed E-state index contributed by atoms with van der Waals surface area (Å²) in [7, 11) is 0. The van der Waals surface area contributed by atoms with E-state index in [9.17, 15) is 9.59 Å². The zero-order chi connectivity index (χ0) is 19.8. The van der Waals surface area contributed by atoms with Gasteiger partial charge in [0.15, 0.2) is 5.76 Å². The van der Waals surface area contributed by atoms with E-state index in [1.54, 1.807) is 18.2 Å². The number of hydrogen-bond acceptors (Lipinski definition) is 3. The molecule has 0 spiro atoms. The first-order valence-electron chi connectivity index (χ1n) is 9.82. The van der Waals surface area contributed by atoms with E-state index in [2.05, 4.69) is 39.1 Å². The molecule has 6 nitrogen and oxygen atoms in total. The summed E-state index contributed by atoms with van der Waals surface area (Å²) in [5.41, 5.74) is 6.79. The number of rotatable bonds is 4. The molecule has 0 fully saturated rings. The minimum atomic E-state index is -0.233. The van der Waals surface area contributed by atoms with Gasteiger partial charge in [-0.15, -0.1) is 0 Å². The number of nitrogens with one attached hydrogen (secondary N) is 2. The highest BCUT2D eigenvalue weighted by atomic mass is 16.3. The van der Waals surface area contributed by atoms with Crippen LogP contribution in [0, 0.1) is 0 Å². The van der Waals surface area contributed by atoms with E-state index in [4.69, 9.17) is 4.42 Å². The number of carbonyl (C=O) groups is 1. The fraction of sp³-hybridized carbons (Fsp3) is 0.217. The zero-order valence-corrected chi connectivity index (χ0v) is 15.9. The Kier molecular flexibility index (Phi) is 4.31. The highest BCUT2D eigenvalue weighted by Gasteiger charge is 2.22. The molecule has 0 bridgehead atoms. The summed E-state index contributed by atoms with van der Waals surface area (Å²) in [5, 5.41) is 2.91. The number of aromatic amines is 1. The van der Waals surface area contributed by atoms with Gasteiger partial charge < -0.3 is 19.3 Å². The number of amides is 1. The van der Waals surface area contributed by atoms with Gasteiger partial charge in [-0.2, -0.15) is 0 Å². The van der Waals surface area contributed by atoms with Gasteiger partial charge in [0.25, 0.3) is 5.91 Å². The zero-order valence-electron chi connectivity index (χ0n) is 15.9. The maximum atomic E-state index is 12.2. The van der Waals surface area contributed by atoms with E-state index in [1.807, 2.05) is 6.07 Å². The van der Waals surface area contributed by atoms with Crippen LogP contribution in [0.2, 0.25) is 0 Å². The van der Waals surface area contributed by atoms with Crippen molar-refractivity contribution in [1.82, 2.24) is 14.9 Å². The average molecular weight is 387 g/mol. The second-order valence-corrected chi connectivity index (χ2v) is 7.34. The van der Waals surface area contributed by atoms with Crippen molar-refractivity contribution < 1.29 is 9.21 Å². The molecular formula is C23H21N3O3. The number of aryl methyl sites for hydroxylation is 2. The lowest BCUT2D eigenvalue weighted by atomic mass is 9.99. The van der Waals surface area contributed by atoms with E-state index in [0.29, 0.717) is 18.7 Å². The fourth-order valence-corrected chi connectivity index (χ4v) is 4.28. The molecule has 3 aromatic heterocycles. The molecule has 146 valence electrons. The van der Waals surface area contributed by atoms with E-state index < -0.39 is 0 Å². The first kappa shape index (κ1) is 17.6. The Balaban J connectivity index is 1.50. The Morgan fingerprint density at radius 1 is 1.10 bits per heavy atom. The van der Waals surface area contributed by atoms with Gasteiger partial charge in [0.2, 0.25) is 5.56 Å². The molecule has 4 aromatic rings. The largest absolute Gasteiger partial charge is 0.459 e. The summed E-state index contributed by atoms with van der Waals surface area (Å²) < 4.78 is 7.47. The Morgan fingerprint density at radius 2 is 1.97 bits per heavy atom. The highest BCUT2D eigenvalue weighted by Crippen LogP contribution is 2.30. The van der Waals surface area contributed by atoms with Crippen LogP contribution in [0.1, 0.15) is 32.9 Å². The third kappa shape index (κ3) is 3.16. The van der Waals surface area contributed by atoms with Crippen molar-refractivity contribution in [3.05, 3.63) is 93.3 Å². The SMILES string of the molecule is O=C(NCCc1c2n(c3ccc(=O)[nH]c13)CCc1ccccc1C2)c1ccco1. The number of furan rings is 1. The molecule has 29 heavy (non-hydrogen) atoms. The van der Waals surface area contributed by atoms with Gasteiger partial charge in [-0.3, -0.25) is 9.59 Å². The summed E-state index contributed by atoms with van der Waals surface area (Å²) >= 11 is 0. The minimum Gasteiger partial charge on any atom is -0.459 e. The third-order valence-corrected chi connectivity index (χ3v) is 5.65. The van der Waals surface area contributed by atoms with Crippen LogP contribution in [-0.4, -0.2) is 22.0 Å². The molecule has 6 heteroatoms. The number of nitrogens with zero attached hydrogens (tertiary/aromatic N) is 1. The van der Waals surface area contributed by atoms with Crippen molar-refractivity contribution in [2.24, 2.45) is 0 Å². The molecule has 0 radical (unpaired) electrons. The monoisotopic (exact) mass is 387 g/mol. The smallest absolute Gasteiger partial charge is 0.286 e. The van der Waals surface area contributed by atoms with Crippen LogP contribution in [0.25, 0.3) is 11.0 Å². The van der Waals surface area contributed by atoms with E-state index in [-0.39, 0.29) is 11.5 Å². The highest BCUT2D eigenvalue weighted by molar-refractivity contribution is 5.91. The Hall–Kier alpha value is -3.54. The predicted octanol–water partition coefficient (Wildman–Crippen LogP) is 3.04. The Morgan fingerprint density at radius 3 is 2.79 bits per heavy atom. The number of carbonyl (C=O) groups excluding carboxylic acids is 1. The molecule has 1 aliphatic heterocycles. The van der Waals surface area contributed by atoms with Gasteiger partial charge in [0.05, 0.1) is 17.3 Å². The van der Waals surface area contributed by atoms with E-state index >= 15 is 0 Å². The molecule has 0 atom stereocenters. The summed E-state index contributed by atoms with van der Waals surface area (Å²) in [6, 6.07) is 15.3. The lowest BCUT2D eigenvalue weighted by Gasteiger charge is -2.09. The van der Waals surface area contributed by atoms with Crippen molar-refractivity contribution >= 4 is 16.9 Å². The van der Waals surface area contributed by atoms with Crippen LogP contribution in [0.15, 0.2) is 64.0 Å². The van der Waals surface area contributed by atoms with E-state index in [1.165, 1.54) is 23.1 Å². The number of aromatic nitrogens is 2. The normalized spacial score (nSPS) is 13.0. The van der Waals surface area contributed by atoms with Gasteiger partial charge in [-0.25, -0.2) is 0 Å². The van der Waals surface area contributed by atoms with Crippen molar-refractivity contribution in [2.45, 2.75) is 25.8 Å². The molecule has 2 N–H and O–H groups in total. The molecular weight excluding hydrogens is 366 g/mol. The second-order valence-electron chi connectivity index (χ2n) is 7.34. The van der Waals surface area contributed by atoms with Crippen LogP contribution in [0.3, 0.4) is 0 Å². The van der Waals surface area contributed by atoms with Gasteiger partial charge in [-0.1, -0.05) is 24.3 Å². The summed E-state index contributed by atoms with van der Waals surface area (Å²) in [4.78, 5) is 27.2. The summed E-state index contributed by atoms with van der Waals surface area (Å²) in [6.45, 7) is 1.33. The number of benzene rings is 1. The standard InChI is InChI=1S/C23H21N3O3/c27-21-8-7-18-22(25-21)17(9-11-24-23(28)20-6-3-13-29-20)19-14-16-5-2-1-4-15(16)10-12-26(18)19/h1-8,13H,9-12,14H2,(H,24,28)(H,25,27). The van der Waals surface area contributed by atoms with Gasteiger partial charge in [-0.05, 0) is 47.7 Å². The van der Waals surface area contributed by atoms with Crippen molar-refractivity contribution in [3.8, 4) is 0 Å². The maximum absolute atomic E-state index is 12.2. The molecule has 0 saturated heterocycles. The van der Waals surface area contributed by atoms with Crippen LogP contribution in [0.4, 0.5) is 0 Å². The van der Waals surface area contributed by atoms with Crippen LogP contribution in [0.5, 0.6) is 0 Å². The quantitative estimate of drug-likeness (QED) is 0.565. The van der Waals surface area contributed by atoms with Gasteiger partial charge in [0, 0.05) is 31.3 Å². The van der Waals surface area contributed by atoms with Crippen LogP contribution >= 0.6 is 0 Å². The average Bonchev–Trinajstić information content (AvgIpc) is 3.30. The van der Waals surface area contributed by atoms with Crippen molar-refractivity contribution in [1.29, 1.82) is 0 Å². The lowest BCUT2D eigenvalue weighted by molar-refractivity contribution is 0.0926. The minimum absolute atomic E-state index is 0.112. The molecule has 1 amide bonds. The maximum Gasteiger partial charge on any atom is 0.286 e.